The maximum atomic E-state index is 2.48. The van der Waals surface area contributed by atoms with Gasteiger partial charge in [0.25, 0.3) is 0 Å². The number of hydrogen-bond acceptors (Lipinski definition) is 2. The predicted octanol–water partition coefficient (Wildman–Crippen LogP) is 2.33. The molecule has 0 amide bonds. The van der Waals surface area contributed by atoms with Crippen LogP contribution in [-0.4, -0.2) is 24.7 Å². The molecule has 3 heteroatoms. The zero-order valence-electron chi connectivity index (χ0n) is 7.87. The van der Waals surface area contributed by atoms with Crippen LogP contribution in [0.5, 0.6) is 0 Å². The number of para-hydroxylation sites is 2. The number of fused-ring (bicyclic) bond motifs is 1. The summed E-state index contributed by atoms with van der Waals surface area (Å²) >= 11 is 2.48. The van der Waals surface area contributed by atoms with E-state index in [1.165, 1.54) is 11.4 Å². The molecule has 0 unspecified atom stereocenters. The van der Waals surface area contributed by atoms with Gasteiger partial charge in [-0.05, 0) is 12.1 Å². The molecule has 1 aliphatic rings. The second-order valence-electron chi connectivity index (χ2n) is 3.41. The van der Waals surface area contributed by atoms with Crippen molar-refractivity contribution < 1.29 is 0 Å². The van der Waals surface area contributed by atoms with Crippen LogP contribution in [0.2, 0.25) is 0 Å². The van der Waals surface area contributed by atoms with Crippen LogP contribution >= 0.6 is 22.6 Å². The molecule has 1 aromatic rings. The first-order valence-corrected chi connectivity index (χ1v) is 5.62. The van der Waals surface area contributed by atoms with Crippen LogP contribution in [0.4, 0.5) is 11.4 Å². The van der Waals surface area contributed by atoms with Gasteiger partial charge in [-0.2, -0.15) is 0 Å². The van der Waals surface area contributed by atoms with Gasteiger partial charge in [0, 0.05) is 20.6 Å². The average molecular weight is 288 g/mol. The number of halogens is 1. The van der Waals surface area contributed by atoms with E-state index >= 15 is 0 Å². The average Bonchev–Trinajstić information content (AvgIpc) is 2.15. The van der Waals surface area contributed by atoms with Crippen LogP contribution in [0.15, 0.2) is 24.3 Å². The Kier molecular flexibility index (Phi) is 2.36. The number of benzene rings is 1. The maximum Gasteiger partial charge on any atom is 0.0981 e. The Bertz CT molecular complexity index is 314. The number of likely N-dealkylation sites (N-methyl/N-ethyl adjacent to an activating group) is 2. The van der Waals surface area contributed by atoms with Gasteiger partial charge in [0.15, 0.2) is 0 Å². The molecule has 0 N–H and O–H groups in total. The lowest BCUT2D eigenvalue weighted by molar-refractivity contribution is 0.776. The standard InChI is InChI=1S/C10H13IN2/c1-12-7-10(11)13(2)9-6-4-3-5-8(9)12/h3-6,10H,7H2,1-2H3/t10-/m0/s1. The summed E-state index contributed by atoms with van der Waals surface area (Å²) in [6.07, 6.45) is 0. The summed E-state index contributed by atoms with van der Waals surface area (Å²) in [6.45, 7) is 1.09. The lowest BCUT2D eigenvalue weighted by Crippen LogP contribution is -2.42. The fourth-order valence-electron chi connectivity index (χ4n) is 1.68. The Labute approximate surface area is 92.7 Å². The van der Waals surface area contributed by atoms with Gasteiger partial charge < -0.3 is 9.80 Å². The third-order valence-electron chi connectivity index (χ3n) is 2.52. The second kappa shape index (κ2) is 3.36. The van der Waals surface area contributed by atoms with Crippen molar-refractivity contribution in [3.05, 3.63) is 24.3 Å². The molecule has 1 heterocycles. The molecule has 0 aliphatic carbocycles. The zero-order valence-corrected chi connectivity index (χ0v) is 10.0. The Balaban J connectivity index is 2.47. The quantitative estimate of drug-likeness (QED) is 0.411. The molecule has 0 fully saturated rings. The first-order chi connectivity index (χ1) is 6.20. The van der Waals surface area contributed by atoms with Crippen molar-refractivity contribution in [2.45, 2.75) is 4.05 Å². The summed E-state index contributed by atoms with van der Waals surface area (Å²) in [7, 11) is 4.31. The van der Waals surface area contributed by atoms with Crippen LogP contribution in [0, 0.1) is 0 Å². The first kappa shape index (κ1) is 9.12. The molecule has 0 radical (unpaired) electrons. The van der Waals surface area contributed by atoms with E-state index in [9.17, 15) is 0 Å². The summed E-state index contributed by atoms with van der Waals surface area (Å²) in [4.78, 5) is 4.64. The largest absolute Gasteiger partial charge is 0.370 e. The molecule has 13 heavy (non-hydrogen) atoms. The summed E-state index contributed by atoms with van der Waals surface area (Å²) in [5.41, 5.74) is 2.66. The van der Waals surface area contributed by atoms with Crippen LogP contribution in [-0.2, 0) is 0 Å². The summed E-state index contributed by atoms with van der Waals surface area (Å²) in [5, 5.41) is 0. The molecule has 1 atom stereocenters. The Hall–Kier alpha value is -0.450. The molecular weight excluding hydrogens is 275 g/mol. The minimum absolute atomic E-state index is 0.567. The maximum absolute atomic E-state index is 2.48. The third kappa shape index (κ3) is 1.49. The highest BCUT2D eigenvalue weighted by atomic mass is 127. The molecule has 0 bridgehead atoms. The Morgan fingerprint density at radius 3 is 2.54 bits per heavy atom. The Morgan fingerprint density at radius 1 is 1.23 bits per heavy atom. The minimum Gasteiger partial charge on any atom is -0.370 e. The van der Waals surface area contributed by atoms with Gasteiger partial charge in [0.05, 0.1) is 15.4 Å². The van der Waals surface area contributed by atoms with Gasteiger partial charge >= 0.3 is 0 Å². The molecule has 2 rings (SSSR count). The van der Waals surface area contributed by atoms with Crippen molar-refractivity contribution >= 4 is 34.0 Å². The normalized spacial score (nSPS) is 21.6. The molecule has 0 aromatic heterocycles. The van der Waals surface area contributed by atoms with Crippen molar-refractivity contribution in [3.63, 3.8) is 0 Å². The summed E-state index contributed by atoms with van der Waals surface area (Å²) in [5.74, 6) is 0. The fraction of sp³-hybridized carbons (Fsp3) is 0.400. The number of hydrogen-bond donors (Lipinski definition) is 0. The molecule has 1 aliphatic heterocycles. The lowest BCUT2D eigenvalue weighted by Gasteiger charge is -2.38. The first-order valence-electron chi connectivity index (χ1n) is 4.37. The highest BCUT2D eigenvalue weighted by molar-refractivity contribution is 14.1. The molecule has 0 saturated carbocycles. The molecule has 0 saturated heterocycles. The van der Waals surface area contributed by atoms with Gasteiger partial charge in [-0.3, -0.25) is 0 Å². The molecule has 0 spiro atoms. The number of anilines is 2. The van der Waals surface area contributed by atoms with Gasteiger partial charge in [-0.1, -0.05) is 34.7 Å². The van der Waals surface area contributed by atoms with Crippen molar-refractivity contribution in [3.8, 4) is 0 Å². The van der Waals surface area contributed by atoms with Crippen LogP contribution in [0.1, 0.15) is 0 Å². The molecule has 2 nitrogen and oxygen atoms in total. The summed E-state index contributed by atoms with van der Waals surface area (Å²) in [6, 6.07) is 8.54. The van der Waals surface area contributed by atoms with E-state index in [4.69, 9.17) is 0 Å². The van der Waals surface area contributed by atoms with Crippen LogP contribution < -0.4 is 9.80 Å². The number of alkyl halides is 1. The van der Waals surface area contributed by atoms with E-state index in [0.717, 1.165) is 6.54 Å². The van der Waals surface area contributed by atoms with E-state index in [1.54, 1.807) is 0 Å². The van der Waals surface area contributed by atoms with E-state index in [1.807, 2.05) is 0 Å². The van der Waals surface area contributed by atoms with Crippen molar-refractivity contribution in [2.75, 3.05) is 30.4 Å². The van der Waals surface area contributed by atoms with Gasteiger partial charge in [0.1, 0.15) is 0 Å². The third-order valence-corrected chi connectivity index (χ3v) is 3.75. The van der Waals surface area contributed by atoms with E-state index < -0.39 is 0 Å². The van der Waals surface area contributed by atoms with Gasteiger partial charge in [-0.25, -0.2) is 0 Å². The Morgan fingerprint density at radius 2 is 1.85 bits per heavy atom. The lowest BCUT2D eigenvalue weighted by atomic mass is 10.2. The monoisotopic (exact) mass is 288 g/mol. The topological polar surface area (TPSA) is 6.48 Å². The predicted molar refractivity (Wildman–Crippen MR) is 65.9 cm³/mol. The molecular formula is C10H13IN2. The minimum atomic E-state index is 0.567. The van der Waals surface area contributed by atoms with Crippen molar-refractivity contribution in [1.29, 1.82) is 0 Å². The van der Waals surface area contributed by atoms with Gasteiger partial charge in [0.2, 0.25) is 0 Å². The van der Waals surface area contributed by atoms with Gasteiger partial charge in [-0.15, -0.1) is 0 Å². The second-order valence-corrected chi connectivity index (χ2v) is 4.85. The van der Waals surface area contributed by atoms with Crippen LogP contribution in [0.3, 0.4) is 0 Å². The highest BCUT2D eigenvalue weighted by Crippen LogP contribution is 2.34. The van der Waals surface area contributed by atoms with E-state index in [-0.39, 0.29) is 0 Å². The van der Waals surface area contributed by atoms with Crippen LogP contribution in [0.25, 0.3) is 0 Å². The van der Waals surface area contributed by atoms with Crippen molar-refractivity contribution in [2.24, 2.45) is 0 Å². The smallest absolute Gasteiger partial charge is 0.0981 e. The number of nitrogens with zero attached hydrogens (tertiary/aromatic N) is 2. The fourth-order valence-corrected chi connectivity index (χ4v) is 2.57. The SMILES string of the molecule is CN1C[C@@H](I)N(C)c2ccccc21. The highest BCUT2D eigenvalue weighted by Gasteiger charge is 2.23. The zero-order chi connectivity index (χ0) is 9.42. The number of rotatable bonds is 0. The van der Waals surface area contributed by atoms with Crippen molar-refractivity contribution in [1.82, 2.24) is 0 Å². The van der Waals surface area contributed by atoms with E-state index in [2.05, 4.69) is 70.8 Å². The summed E-state index contributed by atoms with van der Waals surface area (Å²) < 4.78 is 0.567. The van der Waals surface area contributed by atoms with E-state index in [0.29, 0.717) is 4.05 Å². The molecule has 1 aromatic carbocycles. The molecule has 70 valence electrons.